The Morgan fingerprint density at radius 1 is 0.974 bits per heavy atom. The first kappa shape index (κ1) is 25.7. The molecule has 5 rings (SSSR count). The van der Waals surface area contributed by atoms with Crippen molar-refractivity contribution in [2.45, 2.75) is 18.1 Å². The number of ether oxygens (including phenoxy) is 2. The summed E-state index contributed by atoms with van der Waals surface area (Å²) in [6.07, 6.45) is 4.11. The zero-order chi connectivity index (χ0) is 26.7. The summed E-state index contributed by atoms with van der Waals surface area (Å²) < 4.78 is 42.9. The Kier molecular flexibility index (Phi) is 7.34. The van der Waals surface area contributed by atoms with E-state index in [1.54, 1.807) is 22.8 Å². The van der Waals surface area contributed by atoms with Crippen molar-refractivity contribution in [3.8, 4) is 28.6 Å². The highest BCUT2D eigenvalue weighted by molar-refractivity contribution is 7.93. The Balaban J connectivity index is 1.54. The van der Waals surface area contributed by atoms with Crippen LogP contribution in [0.4, 0.5) is 11.9 Å². The Labute approximate surface area is 225 Å². The average molecular weight is 556 g/mol. The zero-order valence-electron chi connectivity index (χ0n) is 20.8. The molecule has 38 heavy (non-hydrogen) atoms. The molecule has 1 N–H and O–H groups in total. The summed E-state index contributed by atoms with van der Waals surface area (Å²) in [5, 5.41) is 8.27. The molecule has 0 spiro atoms. The lowest BCUT2D eigenvalue weighted by atomic mass is 10.1. The summed E-state index contributed by atoms with van der Waals surface area (Å²) in [6, 6.07) is 14.7. The largest absolute Gasteiger partial charge is 0.494 e. The van der Waals surface area contributed by atoms with Gasteiger partial charge in [-0.2, -0.15) is 0 Å². The van der Waals surface area contributed by atoms with Gasteiger partial charge in [0, 0.05) is 18.7 Å². The number of nitrogens with zero attached hydrogens (tertiary/aromatic N) is 6. The number of methoxy groups -OCH3 is 2. The second kappa shape index (κ2) is 10.8. The highest BCUT2D eigenvalue weighted by Gasteiger charge is 2.34. The molecule has 13 heteroatoms. The number of hydrogen-bond donors (Lipinski definition) is 1. The molecule has 1 unspecified atom stereocenters. The predicted octanol–water partition coefficient (Wildman–Crippen LogP) is 3.81. The molecule has 0 bridgehead atoms. The Morgan fingerprint density at radius 3 is 2.32 bits per heavy atom. The number of sulfonamides is 1. The van der Waals surface area contributed by atoms with Crippen LogP contribution in [0.15, 0.2) is 60.9 Å². The first-order valence-electron chi connectivity index (χ1n) is 11.9. The third-order valence-corrected chi connectivity index (χ3v) is 8.19. The molecule has 1 fully saturated rings. The van der Waals surface area contributed by atoms with Gasteiger partial charge in [-0.3, -0.25) is 9.29 Å². The van der Waals surface area contributed by atoms with Crippen LogP contribution in [-0.2, 0) is 10.0 Å². The molecule has 0 aliphatic carbocycles. The monoisotopic (exact) mass is 555 g/mol. The fourth-order valence-corrected chi connectivity index (χ4v) is 5.94. The van der Waals surface area contributed by atoms with E-state index in [-0.39, 0.29) is 12.5 Å². The van der Waals surface area contributed by atoms with E-state index in [0.717, 1.165) is 5.56 Å². The highest BCUT2D eigenvalue weighted by Crippen LogP contribution is 2.38. The van der Waals surface area contributed by atoms with Gasteiger partial charge < -0.3 is 14.4 Å². The molecule has 2 aromatic carbocycles. The Hall–Kier alpha value is -3.90. The van der Waals surface area contributed by atoms with Crippen LogP contribution in [0.2, 0.25) is 5.02 Å². The van der Waals surface area contributed by atoms with Crippen LogP contribution in [0.25, 0.3) is 17.1 Å². The lowest BCUT2D eigenvalue weighted by molar-refractivity contribution is 0.391. The summed E-state index contributed by atoms with van der Waals surface area (Å²) in [5.74, 6) is 1.80. The van der Waals surface area contributed by atoms with E-state index < -0.39 is 15.3 Å². The Bertz CT molecular complexity index is 1490. The first-order valence-corrected chi connectivity index (χ1v) is 13.8. The van der Waals surface area contributed by atoms with Crippen molar-refractivity contribution in [3.63, 3.8) is 0 Å². The highest BCUT2D eigenvalue weighted by atomic mass is 35.5. The molecule has 0 radical (unpaired) electrons. The fourth-order valence-electron chi connectivity index (χ4n) is 4.44. The molecule has 1 aliphatic heterocycles. The maximum absolute atomic E-state index is 13.7. The predicted molar refractivity (Wildman–Crippen MR) is 145 cm³/mol. The van der Waals surface area contributed by atoms with Crippen LogP contribution in [0.5, 0.6) is 11.5 Å². The average Bonchev–Trinajstić information content (AvgIpc) is 3.35. The van der Waals surface area contributed by atoms with Crippen molar-refractivity contribution in [2.75, 3.05) is 36.9 Å². The second-order valence-electron chi connectivity index (χ2n) is 8.62. The fraction of sp³-hybridized carbons (Fsp3) is 0.280. The van der Waals surface area contributed by atoms with Gasteiger partial charge in [0.1, 0.15) is 17.2 Å². The molecule has 0 saturated carbocycles. The summed E-state index contributed by atoms with van der Waals surface area (Å²) in [6.45, 7) is 0.856. The van der Waals surface area contributed by atoms with Gasteiger partial charge in [0.15, 0.2) is 5.82 Å². The molecule has 0 amide bonds. The number of benzene rings is 2. The topological polar surface area (TPSA) is 124 Å². The molecule has 11 nitrogen and oxygen atoms in total. The van der Waals surface area contributed by atoms with Crippen molar-refractivity contribution in [1.29, 1.82) is 0 Å². The van der Waals surface area contributed by atoms with E-state index in [1.165, 1.54) is 26.6 Å². The molecule has 1 atom stereocenters. The number of anilines is 2. The SMILES string of the molecule is COc1cccc(OC)c1-n1c(NS(=O)(=O)C2CCCN(c3ncc(Cl)cn3)C2)nnc1-c1ccccc1. The van der Waals surface area contributed by atoms with Crippen LogP contribution < -0.4 is 19.1 Å². The van der Waals surface area contributed by atoms with Crippen LogP contribution in [-0.4, -0.2) is 65.7 Å². The number of para-hydroxylation sites is 1. The van der Waals surface area contributed by atoms with Crippen LogP contribution in [0.1, 0.15) is 12.8 Å². The number of hydrogen-bond acceptors (Lipinski definition) is 9. The molecule has 198 valence electrons. The van der Waals surface area contributed by atoms with Crippen molar-refractivity contribution < 1.29 is 17.9 Å². The quantitative estimate of drug-likeness (QED) is 0.345. The van der Waals surface area contributed by atoms with E-state index in [2.05, 4.69) is 24.9 Å². The van der Waals surface area contributed by atoms with E-state index >= 15 is 0 Å². The lowest BCUT2D eigenvalue weighted by Crippen LogP contribution is -2.45. The van der Waals surface area contributed by atoms with Crippen LogP contribution in [0, 0.1) is 0 Å². The second-order valence-corrected chi connectivity index (χ2v) is 11.0. The van der Waals surface area contributed by atoms with Crippen molar-refractivity contribution in [2.24, 2.45) is 0 Å². The van der Waals surface area contributed by atoms with Crippen LogP contribution >= 0.6 is 11.6 Å². The van der Waals surface area contributed by atoms with Gasteiger partial charge in [0.2, 0.25) is 21.9 Å². The van der Waals surface area contributed by atoms with Gasteiger partial charge in [-0.1, -0.05) is 48.0 Å². The Morgan fingerprint density at radius 2 is 1.66 bits per heavy atom. The van der Waals surface area contributed by atoms with E-state index in [4.69, 9.17) is 21.1 Å². The molecule has 4 aromatic rings. The van der Waals surface area contributed by atoms with Gasteiger partial charge in [-0.05, 0) is 25.0 Å². The smallest absolute Gasteiger partial charge is 0.243 e. The third-order valence-electron chi connectivity index (χ3n) is 6.26. The number of nitrogens with one attached hydrogen (secondary N) is 1. The van der Waals surface area contributed by atoms with Gasteiger partial charge >= 0.3 is 0 Å². The van der Waals surface area contributed by atoms with Crippen molar-refractivity contribution in [1.82, 2.24) is 24.7 Å². The minimum Gasteiger partial charge on any atom is -0.494 e. The van der Waals surface area contributed by atoms with Gasteiger partial charge in [0.25, 0.3) is 0 Å². The summed E-state index contributed by atoms with van der Waals surface area (Å²) in [4.78, 5) is 10.3. The molecule has 1 aliphatic rings. The zero-order valence-corrected chi connectivity index (χ0v) is 22.4. The summed E-state index contributed by atoms with van der Waals surface area (Å²) in [7, 11) is -0.838. The molecule has 2 aromatic heterocycles. The van der Waals surface area contributed by atoms with Crippen LogP contribution in [0.3, 0.4) is 0 Å². The number of halogens is 1. The number of rotatable bonds is 8. The van der Waals surface area contributed by atoms with E-state index in [9.17, 15) is 8.42 Å². The standard InChI is InChI=1S/C25H26ClN7O4S/c1-36-20-11-6-12-21(37-2)22(20)33-23(17-8-4-3-5-9-17)29-30-25(33)31-38(34,35)19-10-7-13-32(16-19)24-27-14-18(26)15-28-24/h3-6,8-9,11-12,14-15,19H,7,10,13,16H2,1-2H3,(H,30,31). The molecule has 1 saturated heterocycles. The van der Waals surface area contributed by atoms with E-state index in [0.29, 0.717) is 53.4 Å². The number of piperidine rings is 1. The summed E-state index contributed by atoms with van der Waals surface area (Å²) >= 11 is 5.91. The lowest BCUT2D eigenvalue weighted by Gasteiger charge is -2.32. The summed E-state index contributed by atoms with van der Waals surface area (Å²) in [5.41, 5.74) is 1.21. The first-order chi connectivity index (χ1) is 18.4. The third kappa shape index (κ3) is 5.09. The van der Waals surface area contributed by atoms with E-state index in [1.807, 2.05) is 35.2 Å². The van der Waals surface area contributed by atoms with Gasteiger partial charge in [-0.25, -0.2) is 18.4 Å². The van der Waals surface area contributed by atoms with Crippen molar-refractivity contribution >= 4 is 33.5 Å². The number of aromatic nitrogens is 5. The van der Waals surface area contributed by atoms with Crippen molar-refractivity contribution in [3.05, 3.63) is 65.9 Å². The minimum atomic E-state index is -3.90. The molecule has 3 heterocycles. The maximum Gasteiger partial charge on any atom is 0.243 e. The molecular formula is C25H26ClN7O4S. The van der Waals surface area contributed by atoms with Gasteiger partial charge in [0.05, 0.1) is 36.9 Å². The molecular weight excluding hydrogens is 530 g/mol. The maximum atomic E-state index is 13.7. The normalized spacial score (nSPS) is 15.8. The minimum absolute atomic E-state index is 0.0199. The van der Waals surface area contributed by atoms with Gasteiger partial charge in [-0.15, -0.1) is 10.2 Å².